The molecule has 0 radical (unpaired) electrons. The van der Waals surface area contributed by atoms with Gasteiger partial charge in [-0.25, -0.2) is 4.90 Å². The van der Waals surface area contributed by atoms with E-state index in [-0.39, 0.29) is 60.4 Å². The van der Waals surface area contributed by atoms with E-state index in [1.54, 1.807) is 4.90 Å². The number of piperidine rings is 1. The summed E-state index contributed by atoms with van der Waals surface area (Å²) in [5.41, 5.74) is -2.06. The Morgan fingerprint density at radius 2 is 1.71 bits per heavy atom. The van der Waals surface area contributed by atoms with Crippen LogP contribution in [0, 0.1) is 27.9 Å². The molecule has 11 heteroatoms. The molecule has 0 spiro atoms. The molecule has 2 aromatic carbocycles. The van der Waals surface area contributed by atoms with Gasteiger partial charge in [0.25, 0.3) is 5.69 Å². The standard InChI is InChI=1S/C27H28F3N3O5/c1-16-5-7-20-21(13-16)25(35)32(24(20)34)19-6-8-22(23(15-19)33(37)38)31-11-9-26(36,10-12-31)17-3-2-4-18(14-17)27(28,29)30/h2-4,6,8,14-16,20-21,36H,5,7,9-13H2,1H3/t16-,20-,21+/m1/s1. The Kier molecular flexibility index (Phi) is 6.45. The van der Waals surface area contributed by atoms with Crippen LogP contribution in [0.4, 0.5) is 30.2 Å². The summed E-state index contributed by atoms with van der Waals surface area (Å²) >= 11 is 0. The van der Waals surface area contributed by atoms with Crippen molar-refractivity contribution >= 4 is 28.9 Å². The Morgan fingerprint density at radius 1 is 1.03 bits per heavy atom. The first-order valence-corrected chi connectivity index (χ1v) is 12.7. The summed E-state index contributed by atoms with van der Waals surface area (Å²) in [4.78, 5) is 40.3. The lowest BCUT2D eigenvalue weighted by molar-refractivity contribution is -0.384. The highest BCUT2D eigenvalue weighted by Gasteiger charge is 2.50. The largest absolute Gasteiger partial charge is 0.416 e. The van der Waals surface area contributed by atoms with Gasteiger partial charge in [-0.15, -0.1) is 0 Å². The number of fused-ring (bicyclic) bond motifs is 1. The van der Waals surface area contributed by atoms with Gasteiger partial charge in [-0.3, -0.25) is 19.7 Å². The fraction of sp³-hybridized carbons (Fsp3) is 0.481. The monoisotopic (exact) mass is 531 g/mol. The van der Waals surface area contributed by atoms with Crippen molar-refractivity contribution in [3.63, 3.8) is 0 Å². The van der Waals surface area contributed by atoms with E-state index in [2.05, 4.69) is 0 Å². The molecular weight excluding hydrogens is 503 g/mol. The molecule has 8 nitrogen and oxygen atoms in total. The van der Waals surface area contributed by atoms with Crippen LogP contribution in [0.5, 0.6) is 0 Å². The number of nitro groups is 1. The summed E-state index contributed by atoms with van der Waals surface area (Å²) in [6, 6.07) is 8.83. The highest BCUT2D eigenvalue weighted by atomic mass is 19.4. The number of imide groups is 1. The first-order chi connectivity index (χ1) is 17.9. The van der Waals surface area contributed by atoms with Crippen LogP contribution in [0.3, 0.4) is 0 Å². The predicted molar refractivity (Wildman–Crippen MR) is 132 cm³/mol. The van der Waals surface area contributed by atoms with Gasteiger partial charge < -0.3 is 10.0 Å². The topological polar surface area (TPSA) is 104 Å². The Labute approximate surface area is 217 Å². The first kappa shape index (κ1) is 26.1. The molecule has 1 saturated carbocycles. The maximum Gasteiger partial charge on any atom is 0.416 e. The van der Waals surface area contributed by atoms with Crippen LogP contribution in [-0.2, 0) is 21.4 Å². The molecule has 2 heterocycles. The van der Waals surface area contributed by atoms with E-state index < -0.39 is 34.1 Å². The van der Waals surface area contributed by atoms with Crippen LogP contribution in [0.15, 0.2) is 42.5 Å². The van der Waals surface area contributed by atoms with E-state index in [1.165, 1.54) is 30.3 Å². The van der Waals surface area contributed by atoms with E-state index in [0.29, 0.717) is 18.8 Å². The highest BCUT2D eigenvalue weighted by Crippen LogP contribution is 2.44. The minimum atomic E-state index is -4.54. The van der Waals surface area contributed by atoms with Crippen LogP contribution >= 0.6 is 0 Å². The zero-order chi connectivity index (χ0) is 27.4. The summed E-state index contributed by atoms with van der Waals surface area (Å²) in [6.45, 7) is 2.37. The van der Waals surface area contributed by atoms with Crippen molar-refractivity contribution in [1.29, 1.82) is 0 Å². The smallest absolute Gasteiger partial charge is 0.385 e. The molecule has 3 atom stereocenters. The van der Waals surface area contributed by atoms with Crippen molar-refractivity contribution in [2.45, 2.75) is 50.8 Å². The lowest BCUT2D eigenvalue weighted by Crippen LogP contribution is -2.43. The van der Waals surface area contributed by atoms with Gasteiger partial charge in [0.1, 0.15) is 5.69 Å². The Hall–Kier alpha value is -3.47. The molecule has 0 bridgehead atoms. The molecular formula is C27H28F3N3O5. The third-order valence-corrected chi connectivity index (χ3v) is 8.26. The molecule has 3 aliphatic rings. The van der Waals surface area contributed by atoms with E-state index >= 15 is 0 Å². The van der Waals surface area contributed by atoms with Crippen LogP contribution in [0.1, 0.15) is 50.2 Å². The number of hydrogen-bond donors (Lipinski definition) is 1. The third-order valence-electron chi connectivity index (χ3n) is 8.26. The minimum absolute atomic E-state index is 0.0673. The molecule has 0 aromatic heterocycles. The van der Waals surface area contributed by atoms with E-state index in [4.69, 9.17) is 0 Å². The molecule has 2 saturated heterocycles. The molecule has 202 valence electrons. The van der Waals surface area contributed by atoms with Crippen LogP contribution in [0.25, 0.3) is 0 Å². The number of hydrogen-bond acceptors (Lipinski definition) is 6. The number of benzene rings is 2. The number of rotatable bonds is 4. The number of halogens is 3. The Morgan fingerprint density at radius 3 is 2.37 bits per heavy atom. The van der Waals surface area contributed by atoms with Gasteiger partial charge in [-0.05, 0) is 67.9 Å². The van der Waals surface area contributed by atoms with E-state index in [1.807, 2.05) is 6.92 Å². The average Bonchev–Trinajstić information content (AvgIpc) is 3.12. The van der Waals surface area contributed by atoms with Crippen LogP contribution in [0.2, 0.25) is 0 Å². The highest BCUT2D eigenvalue weighted by molar-refractivity contribution is 6.22. The second-order valence-electron chi connectivity index (χ2n) is 10.7. The van der Waals surface area contributed by atoms with Gasteiger partial charge in [-0.1, -0.05) is 19.1 Å². The number of carbonyl (C=O) groups excluding carboxylic acids is 2. The number of carbonyl (C=O) groups is 2. The normalized spacial score (nSPS) is 25.4. The molecule has 1 N–H and O–H groups in total. The maximum atomic E-state index is 13.2. The van der Waals surface area contributed by atoms with Crippen molar-refractivity contribution in [2.75, 3.05) is 22.9 Å². The molecule has 2 aromatic rings. The van der Waals surface area contributed by atoms with Crippen molar-refractivity contribution in [2.24, 2.45) is 17.8 Å². The molecule has 2 amide bonds. The summed E-state index contributed by atoms with van der Waals surface area (Å²) < 4.78 is 39.5. The number of amides is 2. The molecule has 5 rings (SSSR count). The second kappa shape index (κ2) is 9.37. The Balaban J connectivity index is 1.37. The molecule has 2 aliphatic heterocycles. The van der Waals surface area contributed by atoms with Gasteiger partial charge in [0, 0.05) is 19.2 Å². The second-order valence-corrected chi connectivity index (χ2v) is 10.7. The zero-order valence-corrected chi connectivity index (χ0v) is 20.8. The van der Waals surface area contributed by atoms with Gasteiger partial charge >= 0.3 is 6.18 Å². The number of nitrogens with zero attached hydrogens (tertiary/aromatic N) is 3. The summed E-state index contributed by atoms with van der Waals surface area (Å²) in [5, 5.41) is 23.1. The van der Waals surface area contributed by atoms with Gasteiger partial charge in [0.2, 0.25) is 11.8 Å². The number of alkyl halides is 3. The zero-order valence-electron chi connectivity index (χ0n) is 20.8. The fourth-order valence-electron chi connectivity index (χ4n) is 6.10. The van der Waals surface area contributed by atoms with Gasteiger partial charge in [0.15, 0.2) is 0 Å². The fourth-order valence-corrected chi connectivity index (χ4v) is 6.10. The molecule has 1 aliphatic carbocycles. The third kappa shape index (κ3) is 4.53. The van der Waals surface area contributed by atoms with Gasteiger partial charge in [-0.2, -0.15) is 13.2 Å². The van der Waals surface area contributed by atoms with Crippen molar-refractivity contribution in [3.05, 3.63) is 63.7 Å². The lowest BCUT2D eigenvalue weighted by Gasteiger charge is -2.39. The molecule has 0 unspecified atom stereocenters. The molecule has 38 heavy (non-hydrogen) atoms. The lowest BCUT2D eigenvalue weighted by atomic mass is 9.76. The van der Waals surface area contributed by atoms with Crippen LogP contribution in [-0.4, -0.2) is 34.9 Å². The van der Waals surface area contributed by atoms with Crippen LogP contribution < -0.4 is 9.80 Å². The van der Waals surface area contributed by atoms with Crippen molar-refractivity contribution in [1.82, 2.24) is 0 Å². The predicted octanol–water partition coefficient (Wildman–Crippen LogP) is 5.03. The van der Waals surface area contributed by atoms with E-state index in [9.17, 15) is 38.0 Å². The summed E-state index contributed by atoms with van der Waals surface area (Å²) in [6.07, 6.45) is -2.31. The first-order valence-electron chi connectivity index (χ1n) is 12.7. The van der Waals surface area contributed by atoms with Crippen molar-refractivity contribution < 1.29 is 32.8 Å². The van der Waals surface area contributed by atoms with E-state index in [0.717, 1.165) is 23.5 Å². The SMILES string of the molecule is C[C@@H]1CC[C@H]2C(=O)N(c3ccc(N4CCC(O)(c5cccc(C(F)(F)F)c5)CC4)c([N+](=O)[O-])c3)C(=O)[C@H]2C1. The number of aliphatic hydroxyl groups is 1. The minimum Gasteiger partial charge on any atom is -0.385 e. The summed E-state index contributed by atoms with van der Waals surface area (Å²) in [5.74, 6) is -1.11. The quantitative estimate of drug-likeness (QED) is 0.337. The van der Waals surface area contributed by atoms with Crippen molar-refractivity contribution in [3.8, 4) is 0 Å². The number of nitro benzene ring substituents is 1. The van der Waals surface area contributed by atoms with Gasteiger partial charge in [0.05, 0.1) is 33.6 Å². The summed E-state index contributed by atoms with van der Waals surface area (Å²) in [7, 11) is 0. The molecule has 3 fully saturated rings. The Bertz CT molecular complexity index is 1290. The average molecular weight is 532 g/mol. The maximum absolute atomic E-state index is 13.2. The number of anilines is 2.